The first-order valence-electron chi connectivity index (χ1n) is 6.19. The maximum absolute atomic E-state index is 11.2. The van der Waals surface area contributed by atoms with E-state index >= 15 is 0 Å². The minimum atomic E-state index is -1.22. The van der Waals surface area contributed by atoms with E-state index in [-0.39, 0.29) is 17.3 Å². The SMILES string of the molecule is CC(C)(C)c1nc(-c2cccc([N+](=O)[O-])c2)oc1C(=O)O. The highest BCUT2D eigenvalue weighted by molar-refractivity contribution is 5.86. The van der Waals surface area contributed by atoms with Crippen LogP contribution < -0.4 is 0 Å². The van der Waals surface area contributed by atoms with Crippen molar-refractivity contribution in [3.8, 4) is 11.5 Å². The van der Waals surface area contributed by atoms with Crippen molar-refractivity contribution in [1.82, 2.24) is 4.98 Å². The van der Waals surface area contributed by atoms with Crippen LogP contribution in [0.4, 0.5) is 5.69 Å². The van der Waals surface area contributed by atoms with E-state index in [4.69, 9.17) is 4.42 Å². The molecule has 0 spiro atoms. The summed E-state index contributed by atoms with van der Waals surface area (Å²) in [6, 6.07) is 5.71. The van der Waals surface area contributed by atoms with Gasteiger partial charge < -0.3 is 9.52 Å². The Labute approximate surface area is 120 Å². The van der Waals surface area contributed by atoms with Crippen LogP contribution in [-0.4, -0.2) is 21.0 Å². The largest absolute Gasteiger partial charge is 0.475 e. The Morgan fingerprint density at radius 2 is 2.05 bits per heavy atom. The van der Waals surface area contributed by atoms with Crippen LogP contribution in [-0.2, 0) is 5.41 Å². The van der Waals surface area contributed by atoms with E-state index in [0.29, 0.717) is 11.3 Å². The Bertz CT molecular complexity index is 712. The average Bonchev–Trinajstić information content (AvgIpc) is 2.84. The Kier molecular flexibility index (Phi) is 3.51. The molecule has 1 heterocycles. The van der Waals surface area contributed by atoms with Crippen LogP contribution >= 0.6 is 0 Å². The molecule has 2 aromatic rings. The first kappa shape index (κ1) is 14.7. The zero-order chi connectivity index (χ0) is 15.8. The molecule has 1 aromatic carbocycles. The molecule has 0 aliphatic heterocycles. The lowest BCUT2D eigenvalue weighted by Crippen LogP contribution is -2.16. The van der Waals surface area contributed by atoms with Crippen LogP contribution in [0.2, 0.25) is 0 Å². The third-order valence-electron chi connectivity index (χ3n) is 2.84. The number of nitro groups is 1. The molecule has 2 rings (SSSR count). The topological polar surface area (TPSA) is 106 Å². The number of carboxylic acid groups (broad SMARTS) is 1. The van der Waals surface area contributed by atoms with Gasteiger partial charge in [-0.05, 0) is 6.07 Å². The van der Waals surface area contributed by atoms with E-state index in [9.17, 15) is 20.0 Å². The normalized spacial score (nSPS) is 11.4. The summed E-state index contributed by atoms with van der Waals surface area (Å²) in [5, 5.41) is 20.0. The molecule has 0 radical (unpaired) electrons. The van der Waals surface area contributed by atoms with Crippen LogP contribution in [0.5, 0.6) is 0 Å². The van der Waals surface area contributed by atoms with Gasteiger partial charge in [-0.15, -0.1) is 0 Å². The van der Waals surface area contributed by atoms with E-state index in [1.54, 1.807) is 6.07 Å². The van der Waals surface area contributed by atoms with Gasteiger partial charge in [0.2, 0.25) is 11.7 Å². The van der Waals surface area contributed by atoms with Crippen molar-refractivity contribution >= 4 is 11.7 Å². The molecule has 7 nitrogen and oxygen atoms in total. The van der Waals surface area contributed by atoms with Crippen molar-refractivity contribution in [2.45, 2.75) is 26.2 Å². The van der Waals surface area contributed by atoms with Crippen molar-refractivity contribution in [3.05, 3.63) is 45.8 Å². The zero-order valence-electron chi connectivity index (χ0n) is 11.8. The Balaban J connectivity index is 2.58. The minimum Gasteiger partial charge on any atom is -0.475 e. The molecule has 0 saturated carbocycles. The standard InChI is InChI=1S/C14H14N2O5/c1-14(2,3)11-10(13(17)18)21-12(15-11)8-5-4-6-9(7-8)16(19)20/h4-7H,1-3H3,(H,17,18). The van der Waals surface area contributed by atoms with Gasteiger partial charge in [0.25, 0.3) is 5.69 Å². The predicted octanol–water partition coefficient (Wildman–Crippen LogP) is 3.25. The number of aromatic carboxylic acids is 1. The molecular weight excluding hydrogens is 276 g/mol. The second-order valence-corrected chi connectivity index (χ2v) is 5.56. The van der Waals surface area contributed by atoms with Crippen LogP contribution in [0.25, 0.3) is 11.5 Å². The summed E-state index contributed by atoms with van der Waals surface area (Å²) >= 11 is 0. The quantitative estimate of drug-likeness (QED) is 0.686. The molecule has 0 saturated heterocycles. The molecule has 0 atom stereocenters. The van der Waals surface area contributed by atoms with E-state index in [0.717, 1.165) is 0 Å². The third kappa shape index (κ3) is 2.91. The third-order valence-corrected chi connectivity index (χ3v) is 2.84. The number of benzene rings is 1. The van der Waals surface area contributed by atoms with Crippen molar-refractivity contribution in [2.24, 2.45) is 0 Å². The number of hydrogen-bond acceptors (Lipinski definition) is 5. The number of nitro benzene ring substituents is 1. The second-order valence-electron chi connectivity index (χ2n) is 5.56. The van der Waals surface area contributed by atoms with Gasteiger partial charge in [-0.1, -0.05) is 26.8 Å². The van der Waals surface area contributed by atoms with Gasteiger partial charge >= 0.3 is 5.97 Å². The summed E-state index contributed by atoms with van der Waals surface area (Å²) in [6.07, 6.45) is 0. The maximum Gasteiger partial charge on any atom is 0.373 e. The summed E-state index contributed by atoms with van der Waals surface area (Å²) in [4.78, 5) is 25.7. The lowest BCUT2D eigenvalue weighted by Gasteiger charge is -2.14. The number of rotatable bonds is 3. The Morgan fingerprint density at radius 3 is 2.52 bits per heavy atom. The second kappa shape index (κ2) is 5.01. The van der Waals surface area contributed by atoms with Crippen LogP contribution in [0.3, 0.4) is 0 Å². The minimum absolute atomic E-state index is 0.0565. The lowest BCUT2D eigenvalue weighted by atomic mass is 9.91. The summed E-state index contributed by atoms with van der Waals surface area (Å²) < 4.78 is 5.29. The molecular formula is C14H14N2O5. The van der Waals surface area contributed by atoms with Crippen LogP contribution in [0, 0.1) is 10.1 Å². The van der Waals surface area contributed by atoms with Crippen molar-refractivity contribution in [1.29, 1.82) is 0 Å². The fourth-order valence-corrected chi connectivity index (χ4v) is 1.85. The lowest BCUT2D eigenvalue weighted by molar-refractivity contribution is -0.384. The number of aromatic nitrogens is 1. The van der Waals surface area contributed by atoms with E-state index in [2.05, 4.69) is 4.98 Å². The van der Waals surface area contributed by atoms with Crippen LogP contribution in [0.1, 0.15) is 37.0 Å². The number of carboxylic acids is 1. The number of non-ortho nitro benzene ring substituents is 1. The van der Waals surface area contributed by atoms with Crippen molar-refractivity contribution in [2.75, 3.05) is 0 Å². The molecule has 1 N–H and O–H groups in total. The molecule has 0 aliphatic carbocycles. The molecule has 0 bridgehead atoms. The summed E-state index contributed by atoms with van der Waals surface area (Å²) in [5.74, 6) is -1.41. The number of oxazole rings is 1. The highest BCUT2D eigenvalue weighted by Crippen LogP contribution is 2.31. The Hall–Kier alpha value is -2.70. The molecule has 110 valence electrons. The fraction of sp³-hybridized carbons (Fsp3) is 0.286. The van der Waals surface area contributed by atoms with Gasteiger partial charge in [0.1, 0.15) is 5.69 Å². The summed E-state index contributed by atoms with van der Waals surface area (Å²) in [5.41, 5.74) is 0.0366. The van der Waals surface area contributed by atoms with Crippen molar-refractivity contribution in [3.63, 3.8) is 0 Å². The number of nitrogens with zero attached hydrogens (tertiary/aromatic N) is 2. The fourth-order valence-electron chi connectivity index (χ4n) is 1.85. The summed E-state index contributed by atoms with van der Waals surface area (Å²) in [7, 11) is 0. The van der Waals surface area contributed by atoms with Crippen molar-refractivity contribution < 1.29 is 19.2 Å². The number of hydrogen-bond donors (Lipinski definition) is 1. The molecule has 0 aliphatic rings. The van der Waals surface area contributed by atoms with Crippen LogP contribution in [0.15, 0.2) is 28.7 Å². The molecule has 21 heavy (non-hydrogen) atoms. The first-order chi connectivity index (χ1) is 9.70. The zero-order valence-corrected chi connectivity index (χ0v) is 11.8. The van der Waals surface area contributed by atoms with E-state index in [1.165, 1.54) is 18.2 Å². The van der Waals surface area contributed by atoms with E-state index < -0.39 is 16.3 Å². The molecule has 0 amide bonds. The molecule has 0 unspecified atom stereocenters. The smallest absolute Gasteiger partial charge is 0.373 e. The van der Waals surface area contributed by atoms with E-state index in [1.807, 2.05) is 20.8 Å². The summed E-state index contributed by atoms with van der Waals surface area (Å²) in [6.45, 7) is 5.44. The molecule has 1 aromatic heterocycles. The van der Waals surface area contributed by atoms with Gasteiger partial charge in [-0.2, -0.15) is 0 Å². The maximum atomic E-state index is 11.2. The van der Waals surface area contributed by atoms with Gasteiger partial charge in [-0.3, -0.25) is 10.1 Å². The Morgan fingerprint density at radius 1 is 1.38 bits per heavy atom. The highest BCUT2D eigenvalue weighted by Gasteiger charge is 2.29. The van der Waals surface area contributed by atoms with Gasteiger partial charge in [0.15, 0.2) is 0 Å². The van der Waals surface area contributed by atoms with Gasteiger partial charge in [0.05, 0.1) is 4.92 Å². The monoisotopic (exact) mass is 290 g/mol. The average molecular weight is 290 g/mol. The van der Waals surface area contributed by atoms with Gasteiger partial charge in [-0.25, -0.2) is 9.78 Å². The first-order valence-corrected chi connectivity index (χ1v) is 6.19. The van der Waals surface area contributed by atoms with Gasteiger partial charge in [0, 0.05) is 23.1 Å². The molecule has 0 fully saturated rings. The highest BCUT2D eigenvalue weighted by atomic mass is 16.6. The molecule has 7 heteroatoms. The predicted molar refractivity (Wildman–Crippen MR) is 74.3 cm³/mol. The number of carbonyl (C=O) groups is 1.